The zero-order valence-electron chi connectivity index (χ0n) is 14.2. The van der Waals surface area contributed by atoms with Gasteiger partial charge >= 0.3 is 0 Å². The second kappa shape index (κ2) is 7.41. The van der Waals surface area contributed by atoms with Gasteiger partial charge < -0.3 is 5.32 Å². The minimum absolute atomic E-state index is 0.303. The first-order chi connectivity index (χ1) is 10.1. The monoisotopic (exact) mass is 292 g/mol. The topological polar surface area (TPSA) is 33.1 Å². The summed E-state index contributed by atoms with van der Waals surface area (Å²) in [6.07, 6.45) is 7.61. The molecule has 1 unspecified atom stereocenters. The molecule has 0 aliphatic carbocycles. The number of nitrogens with one attached hydrogen (secondary N) is 1. The third-order valence-electron chi connectivity index (χ3n) is 5.01. The number of hydrogen-bond donors (Lipinski definition) is 1. The fourth-order valence-electron chi connectivity index (χ4n) is 3.46. The van der Waals surface area contributed by atoms with Gasteiger partial charge in [0.1, 0.15) is 0 Å². The molecular formula is C17H32N4. The molecule has 1 aromatic heterocycles. The Morgan fingerprint density at radius 3 is 2.62 bits per heavy atom. The summed E-state index contributed by atoms with van der Waals surface area (Å²) in [6.45, 7) is 13.7. The van der Waals surface area contributed by atoms with Crippen molar-refractivity contribution in [2.45, 2.75) is 65.1 Å². The summed E-state index contributed by atoms with van der Waals surface area (Å²) in [5, 5.41) is 8.18. The van der Waals surface area contributed by atoms with E-state index in [1.807, 2.05) is 16.9 Å². The molecule has 2 rings (SSSR count). The first-order valence-electron chi connectivity index (χ1n) is 8.55. The molecule has 1 saturated heterocycles. The summed E-state index contributed by atoms with van der Waals surface area (Å²) in [5.74, 6) is 0.750. The van der Waals surface area contributed by atoms with E-state index in [1.54, 1.807) is 0 Å². The van der Waals surface area contributed by atoms with Gasteiger partial charge in [-0.05, 0) is 31.2 Å². The molecule has 0 aromatic carbocycles. The van der Waals surface area contributed by atoms with Crippen molar-refractivity contribution in [2.24, 2.45) is 5.92 Å². The van der Waals surface area contributed by atoms with E-state index in [0.717, 1.165) is 25.6 Å². The van der Waals surface area contributed by atoms with Crippen molar-refractivity contribution in [3.05, 3.63) is 18.5 Å². The molecule has 21 heavy (non-hydrogen) atoms. The molecule has 1 N–H and O–H groups in total. The molecule has 1 aromatic rings. The molecule has 4 heteroatoms. The minimum Gasteiger partial charge on any atom is -0.308 e. The van der Waals surface area contributed by atoms with Crippen LogP contribution in [-0.2, 0) is 6.54 Å². The van der Waals surface area contributed by atoms with Crippen LogP contribution in [-0.4, -0.2) is 45.9 Å². The van der Waals surface area contributed by atoms with Crippen LogP contribution in [0.2, 0.25) is 0 Å². The van der Waals surface area contributed by atoms with E-state index in [9.17, 15) is 0 Å². The third kappa shape index (κ3) is 4.30. The Kier molecular flexibility index (Phi) is 5.82. The summed E-state index contributed by atoms with van der Waals surface area (Å²) in [7, 11) is 0. The molecule has 1 aliphatic heterocycles. The maximum Gasteiger partial charge on any atom is 0.0536 e. The molecule has 1 atom stereocenters. The maximum atomic E-state index is 4.34. The Hall–Kier alpha value is -0.870. The number of nitrogens with zero attached hydrogens (tertiary/aromatic N) is 3. The summed E-state index contributed by atoms with van der Waals surface area (Å²) in [6, 6.07) is 2.66. The van der Waals surface area contributed by atoms with Gasteiger partial charge in [-0.15, -0.1) is 0 Å². The van der Waals surface area contributed by atoms with Crippen molar-refractivity contribution in [3.63, 3.8) is 0 Å². The molecule has 2 heterocycles. The van der Waals surface area contributed by atoms with Crippen molar-refractivity contribution in [1.29, 1.82) is 0 Å². The lowest BCUT2D eigenvalue weighted by molar-refractivity contribution is 0.0587. The molecule has 0 amide bonds. The smallest absolute Gasteiger partial charge is 0.0536 e. The maximum absolute atomic E-state index is 4.34. The lowest BCUT2D eigenvalue weighted by atomic mass is 9.87. The van der Waals surface area contributed by atoms with Crippen LogP contribution < -0.4 is 5.32 Å². The molecule has 0 bridgehead atoms. The normalized spacial score (nSPS) is 22.8. The van der Waals surface area contributed by atoms with Crippen molar-refractivity contribution in [3.8, 4) is 0 Å². The summed E-state index contributed by atoms with van der Waals surface area (Å²) >= 11 is 0. The highest BCUT2D eigenvalue weighted by Gasteiger charge is 2.36. The van der Waals surface area contributed by atoms with E-state index in [2.05, 4.69) is 49.2 Å². The van der Waals surface area contributed by atoms with Crippen LogP contribution in [0, 0.1) is 5.92 Å². The van der Waals surface area contributed by atoms with Gasteiger partial charge in [-0.1, -0.05) is 27.7 Å². The first-order valence-corrected chi connectivity index (χ1v) is 8.55. The van der Waals surface area contributed by atoms with Crippen molar-refractivity contribution in [2.75, 3.05) is 19.6 Å². The Balaban J connectivity index is 2.01. The van der Waals surface area contributed by atoms with Gasteiger partial charge in [-0.2, -0.15) is 5.10 Å². The largest absolute Gasteiger partial charge is 0.308 e. The molecule has 120 valence electrons. The van der Waals surface area contributed by atoms with Gasteiger partial charge in [-0.3, -0.25) is 9.58 Å². The summed E-state index contributed by atoms with van der Waals surface area (Å²) in [4.78, 5) is 2.70. The lowest BCUT2D eigenvalue weighted by Crippen LogP contribution is -2.64. The molecule has 1 aliphatic rings. The molecule has 0 spiro atoms. The highest BCUT2D eigenvalue weighted by atomic mass is 15.3. The molecule has 1 fully saturated rings. The molecular weight excluding hydrogens is 260 g/mol. The van der Waals surface area contributed by atoms with Crippen LogP contribution in [0.3, 0.4) is 0 Å². The van der Waals surface area contributed by atoms with E-state index in [0.29, 0.717) is 11.6 Å². The quantitative estimate of drug-likeness (QED) is 0.839. The SMILES string of the molecule is CCC1(CC)CN(CCn2cccn2)C(CC(C)C)CN1. The van der Waals surface area contributed by atoms with Crippen LogP contribution >= 0.6 is 0 Å². The Labute approximate surface area is 129 Å². The van der Waals surface area contributed by atoms with Crippen molar-refractivity contribution < 1.29 is 0 Å². The van der Waals surface area contributed by atoms with Gasteiger partial charge in [0.25, 0.3) is 0 Å². The van der Waals surface area contributed by atoms with Gasteiger partial charge in [0.15, 0.2) is 0 Å². The lowest BCUT2D eigenvalue weighted by Gasteiger charge is -2.48. The van der Waals surface area contributed by atoms with E-state index in [1.165, 1.54) is 25.8 Å². The Morgan fingerprint density at radius 2 is 2.05 bits per heavy atom. The second-order valence-electron chi connectivity index (χ2n) is 6.89. The van der Waals surface area contributed by atoms with Gasteiger partial charge in [0.2, 0.25) is 0 Å². The van der Waals surface area contributed by atoms with E-state index in [-0.39, 0.29) is 0 Å². The Morgan fingerprint density at radius 1 is 1.29 bits per heavy atom. The van der Waals surface area contributed by atoms with Crippen molar-refractivity contribution in [1.82, 2.24) is 20.0 Å². The fraction of sp³-hybridized carbons (Fsp3) is 0.824. The first kappa shape index (κ1) is 16.5. The molecule has 0 saturated carbocycles. The minimum atomic E-state index is 0.303. The van der Waals surface area contributed by atoms with Crippen molar-refractivity contribution >= 4 is 0 Å². The standard InChI is InChI=1S/C17H32N4/c1-5-17(6-2)14-20(10-11-21-9-7-8-19-21)16(13-18-17)12-15(3)4/h7-9,15-16,18H,5-6,10-14H2,1-4H3. The van der Waals surface area contributed by atoms with Crippen LogP contribution in [0.1, 0.15) is 47.0 Å². The molecule has 0 radical (unpaired) electrons. The number of aromatic nitrogens is 2. The Bertz CT molecular complexity index is 395. The highest BCUT2D eigenvalue weighted by molar-refractivity contribution is 4.97. The average molecular weight is 292 g/mol. The summed E-state index contributed by atoms with van der Waals surface area (Å²) < 4.78 is 2.05. The number of hydrogen-bond acceptors (Lipinski definition) is 3. The number of piperazine rings is 1. The second-order valence-corrected chi connectivity index (χ2v) is 6.89. The zero-order chi connectivity index (χ0) is 15.3. The fourth-order valence-corrected chi connectivity index (χ4v) is 3.46. The predicted molar refractivity (Wildman–Crippen MR) is 88.4 cm³/mol. The van der Waals surface area contributed by atoms with Crippen LogP contribution in [0.5, 0.6) is 0 Å². The third-order valence-corrected chi connectivity index (χ3v) is 5.01. The van der Waals surface area contributed by atoms with Crippen LogP contribution in [0.15, 0.2) is 18.5 Å². The van der Waals surface area contributed by atoms with E-state index >= 15 is 0 Å². The molecule has 4 nitrogen and oxygen atoms in total. The van der Waals surface area contributed by atoms with Gasteiger partial charge in [-0.25, -0.2) is 0 Å². The van der Waals surface area contributed by atoms with Crippen LogP contribution in [0.4, 0.5) is 0 Å². The van der Waals surface area contributed by atoms with E-state index in [4.69, 9.17) is 0 Å². The zero-order valence-corrected chi connectivity index (χ0v) is 14.2. The predicted octanol–water partition coefficient (Wildman–Crippen LogP) is 2.76. The van der Waals surface area contributed by atoms with Gasteiger partial charge in [0.05, 0.1) is 6.54 Å². The van der Waals surface area contributed by atoms with E-state index < -0.39 is 0 Å². The summed E-state index contributed by atoms with van der Waals surface area (Å²) in [5.41, 5.74) is 0.303. The average Bonchev–Trinajstić information content (AvgIpc) is 2.99. The van der Waals surface area contributed by atoms with Gasteiger partial charge in [0, 0.05) is 43.6 Å². The number of rotatable bonds is 7. The highest BCUT2D eigenvalue weighted by Crippen LogP contribution is 2.25. The van der Waals surface area contributed by atoms with Crippen LogP contribution in [0.25, 0.3) is 0 Å².